The standard InChI is InChI=1S/C13H19FN2O4S/c14-12-3-1-2-4-13(12)20-7-8-21(17,18)16-10-11-9-15-5-6-19-11/h1-4,11,15-16H,5-10H2/t11-/m1/s1. The SMILES string of the molecule is O=S(=O)(CCOc1ccccc1F)NC[C@H]1CNCCO1. The van der Waals surface area contributed by atoms with Gasteiger partial charge in [0.15, 0.2) is 11.6 Å². The van der Waals surface area contributed by atoms with Crippen molar-refractivity contribution >= 4 is 10.0 Å². The van der Waals surface area contributed by atoms with Crippen molar-refractivity contribution in [3.05, 3.63) is 30.1 Å². The Bertz CT molecular complexity index is 547. The van der Waals surface area contributed by atoms with Crippen molar-refractivity contribution < 1.29 is 22.3 Å². The Morgan fingerprint density at radius 3 is 2.95 bits per heavy atom. The van der Waals surface area contributed by atoms with Gasteiger partial charge in [-0.1, -0.05) is 12.1 Å². The van der Waals surface area contributed by atoms with Crippen LogP contribution in [0, 0.1) is 5.82 Å². The lowest BCUT2D eigenvalue weighted by Crippen LogP contribution is -2.45. The first-order chi connectivity index (χ1) is 10.1. The van der Waals surface area contributed by atoms with Crippen molar-refractivity contribution in [3.63, 3.8) is 0 Å². The minimum Gasteiger partial charge on any atom is -0.489 e. The molecule has 21 heavy (non-hydrogen) atoms. The first-order valence-corrected chi connectivity index (χ1v) is 8.39. The van der Waals surface area contributed by atoms with Crippen molar-refractivity contribution in [2.45, 2.75) is 6.10 Å². The highest BCUT2D eigenvalue weighted by Gasteiger charge is 2.17. The average Bonchev–Trinajstić information content (AvgIpc) is 2.48. The summed E-state index contributed by atoms with van der Waals surface area (Å²) in [6, 6.07) is 5.88. The molecule has 8 heteroatoms. The van der Waals surface area contributed by atoms with E-state index in [0.29, 0.717) is 13.2 Å². The maximum absolute atomic E-state index is 13.3. The number of sulfonamides is 1. The zero-order valence-corrected chi connectivity index (χ0v) is 12.4. The third kappa shape index (κ3) is 5.58. The number of hydrogen-bond donors (Lipinski definition) is 2. The number of nitrogens with one attached hydrogen (secondary N) is 2. The summed E-state index contributed by atoms with van der Waals surface area (Å²) in [6.45, 7) is 2.08. The third-order valence-corrected chi connectivity index (χ3v) is 4.29. The molecule has 0 aromatic heterocycles. The molecule has 1 atom stereocenters. The van der Waals surface area contributed by atoms with Crippen molar-refractivity contribution in [1.82, 2.24) is 10.0 Å². The molecule has 1 aromatic carbocycles. The Hall–Kier alpha value is -1.22. The van der Waals surface area contributed by atoms with Crippen LogP contribution in [0.15, 0.2) is 24.3 Å². The van der Waals surface area contributed by atoms with E-state index in [0.717, 1.165) is 6.54 Å². The quantitative estimate of drug-likeness (QED) is 0.746. The summed E-state index contributed by atoms with van der Waals surface area (Å²) < 4.78 is 49.8. The van der Waals surface area contributed by atoms with Crippen LogP contribution in [-0.2, 0) is 14.8 Å². The van der Waals surface area contributed by atoms with Crippen molar-refractivity contribution in [2.24, 2.45) is 0 Å². The van der Waals surface area contributed by atoms with Gasteiger partial charge in [-0.25, -0.2) is 17.5 Å². The molecule has 0 radical (unpaired) electrons. The maximum atomic E-state index is 13.3. The van der Waals surface area contributed by atoms with Gasteiger partial charge in [0.05, 0.1) is 18.5 Å². The Morgan fingerprint density at radius 1 is 1.43 bits per heavy atom. The molecule has 0 saturated carbocycles. The minimum absolute atomic E-state index is 0.0486. The number of para-hydroxylation sites is 1. The molecule has 0 aliphatic carbocycles. The molecular formula is C13H19FN2O4S. The molecule has 1 aliphatic heterocycles. The van der Waals surface area contributed by atoms with Crippen LogP contribution in [0.25, 0.3) is 0 Å². The topological polar surface area (TPSA) is 76.7 Å². The summed E-state index contributed by atoms with van der Waals surface area (Å²) >= 11 is 0. The van der Waals surface area contributed by atoms with Gasteiger partial charge >= 0.3 is 0 Å². The highest BCUT2D eigenvalue weighted by atomic mass is 32.2. The molecule has 1 fully saturated rings. The lowest BCUT2D eigenvalue weighted by molar-refractivity contribution is 0.0324. The van der Waals surface area contributed by atoms with E-state index >= 15 is 0 Å². The lowest BCUT2D eigenvalue weighted by atomic mass is 10.3. The molecule has 2 rings (SSSR count). The van der Waals surface area contributed by atoms with E-state index in [1.54, 1.807) is 12.1 Å². The fourth-order valence-corrected chi connectivity index (χ4v) is 2.75. The predicted molar refractivity (Wildman–Crippen MR) is 76.3 cm³/mol. The first kappa shape index (κ1) is 16.2. The summed E-state index contributed by atoms with van der Waals surface area (Å²) in [4.78, 5) is 0. The smallest absolute Gasteiger partial charge is 0.215 e. The van der Waals surface area contributed by atoms with Gasteiger partial charge in [0.2, 0.25) is 10.0 Å². The van der Waals surface area contributed by atoms with Crippen LogP contribution in [-0.4, -0.2) is 53.1 Å². The Kier molecular flexibility index (Phi) is 5.92. The molecule has 0 unspecified atom stereocenters. The van der Waals surface area contributed by atoms with Crippen LogP contribution in [0.2, 0.25) is 0 Å². The number of ether oxygens (including phenoxy) is 2. The lowest BCUT2D eigenvalue weighted by Gasteiger charge is -2.23. The fraction of sp³-hybridized carbons (Fsp3) is 0.538. The van der Waals surface area contributed by atoms with Crippen LogP contribution in [0.1, 0.15) is 0 Å². The minimum atomic E-state index is -3.47. The summed E-state index contributed by atoms with van der Waals surface area (Å²) in [6.07, 6.45) is -0.166. The molecule has 1 saturated heterocycles. The number of rotatable bonds is 7. The van der Waals surface area contributed by atoms with E-state index in [1.807, 2.05) is 0 Å². The van der Waals surface area contributed by atoms with Crippen molar-refractivity contribution in [1.29, 1.82) is 0 Å². The van der Waals surface area contributed by atoms with Crippen LogP contribution in [0.4, 0.5) is 4.39 Å². The second-order valence-corrected chi connectivity index (χ2v) is 6.57. The van der Waals surface area contributed by atoms with E-state index in [4.69, 9.17) is 9.47 Å². The monoisotopic (exact) mass is 318 g/mol. The first-order valence-electron chi connectivity index (χ1n) is 6.74. The van der Waals surface area contributed by atoms with Gasteiger partial charge in [0.25, 0.3) is 0 Å². The summed E-state index contributed by atoms with van der Waals surface area (Å²) in [5, 5.41) is 3.12. The molecule has 2 N–H and O–H groups in total. The third-order valence-electron chi connectivity index (χ3n) is 2.98. The van der Waals surface area contributed by atoms with Crippen LogP contribution < -0.4 is 14.8 Å². The summed E-state index contributed by atoms with van der Waals surface area (Å²) in [5.74, 6) is -0.696. The molecule has 118 valence electrons. The van der Waals surface area contributed by atoms with E-state index in [2.05, 4.69) is 10.0 Å². The Balaban J connectivity index is 1.72. The molecule has 6 nitrogen and oxygen atoms in total. The van der Waals surface area contributed by atoms with Gasteiger partial charge in [-0.15, -0.1) is 0 Å². The van der Waals surface area contributed by atoms with Gasteiger partial charge in [-0.3, -0.25) is 0 Å². The van der Waals surface area contributed by atoms with E-state index in [1.165, 1.54) is 12.1 Å². The summed E-state index contributed by atoms with van der Waals surface area (Å²) in [7, 11) is -3.47. The zero-order chi connectivity index (χ0) is 15.1. The molecule has 0 amide bonds. The van der Waals surface area contributed by atoms with Crippen molar-refractivity contribution in [3.8, 4) is 5.75 Å². The number of hydrogen-bond acceptors (Lipinski definition) is 5. The molecule has 1 aromatic rings. The second kappa shape index (κ2) is 7.69. The highest BCUT2D eigenvalue weighted by Crippen LogP contribution is 2.15. The predicted octanol–water partition coefficient (Wildman–Crippen LogP) is 0.112. The fourth-order valence-electron chi connectivity index (χ4n) is 1.87. The number of halogens is 1. The van der Waals surface area contributed by atoms with Gasteiger partial charge in [0.1, 0.15) is 6.61 Å². The van der Waals surface area contributed by atoms with Crippen LogP contribution in [0.5, 0.6) is 5.75 Å². The van der Waals surface area contributed by atoms with E-state index < -0.39 is 15.8 Å². The van der Waals surface area contributed by atoms with Gasteiger partial charge in [0, 0.05) is 19.6 Å². The molecular weight excluding hydrogens is 299 g/mol. The van der Waals surface area contributed by atoms with Gasteiger partial charge in [-0.2, -0.15) is 0 Å². The Morgan fingerprint density at radius 2 is 2.24 bits per heavy atom. The number of benzene rings is 1. The molecule has 0 spiro atoms. The van der Waals surface area contributed by atoms with Crippen molar-refractivity contribution in [2.75, 3.05) is 38.6 Å². The van der Waals surface area contributed by atoms with E-state index in [9.17, 15) is 12.8 Å². The average molecular weight is 318 g/mol. The molecule has 1 aliphatic rings. The maximum Gasteiger partial charge on any atom is 0.215 e. The summed E-state index contributed by atoms with van der Waals surface area (Å²) in [5.41, 5.74) is 0. The second-order valence-electron chi connectivity index (χ2n) is 4.64. The zero-order valence-electron chi connectivity index (χ0n) is 11.5. The van der Waals surface area contributed by atoms with Crippen LogP contribution >= 0.6 is 0 Å². The largest absolute Gasteiger partial charge is 0.489 e. The van der Waals surface area contributed by atoms with Crippen LogP contribution in [0.3, 0.4) is 0 Å². The molecule has 1 heterocycles. The van der Waals surface area contributed by atoms with E-state index in [-0.39, 0.29) is 30.8 Å². The molecule has 0 bridgehead atoms. The van der Waals surface area contributed by atoms with Gasteiger partial charge in [-0.05, 0) is 12.1 Å². The van der Waals surface area contributed by atoms with Gasteiger partial charge < -0.3 is 14.8 Å². The highest BCUT2D eigenvalue weighted by molar-refractivity contribution is 7.89. The Labute approximate surface area is 123 Å². The number of morpholine rings is 1. The normalized spacial score (nSPS) is 19.4.